The van der Waals surface area contributed by atoms with Crippen molar-refractivity contribution in [2.75, 3.05) is 13.2 Å². The molecule has 0 aromatic carbocycles. The Bertz CT molecular complexity index is 500. The molecule has 1 aliphatic rings. The molecule has 0 aliphatic heterocycles. The first kappa shape index (κ1) is 15.6. The second-order valence-corrected chi connectivity index (χ2v) is 5.71. The fourth-order valence-electron chi connectivity index (χ4n) is 2.74. The standard InChI is InChI=1S/C16H23NO4/c1-11-8-14(12(2)21-11)16(19)20-10-15(18)17-9-13-6-4-3-5-7-13/h8,13H,3-7,9-10H2,1-2H3,(H,17,18). The SMILES string of the molecule is Cc1cc(C(=O)OCC(=O)NCC2CCCCC2)c(C)o1. The van der Waals surface area contributed by atoms with Gasteiger partial charge in [-0.15, -0.1) is 0 Å². The zero-order chi connectivity index (χ0) is 15.2. The monoisotopic (exact) mass is 293 g/mol. The minimum atomic E-state index is -0.517. The Labute approximate surface area is 125 Å². The van der Waals surface area contributed by atoms with Gasteiger partial charge in [-0.3, -0.25) is 4.79 Å². The third-order valence-corrected chi connectivity index (χ3v) is 3.91. The van der Waals surface area contributed by atoms with Gasteiger partial charge >= 0.3 is 5.97 Å². The molecule has 0 atom stereocenters. The van der Waals surface area contributed by atoms with E-state index < -0.39 is 5.97 Å². The van der Waals surface area contributed by atoms with E-state index in [1.54, 1.807) is 19.9 Å². The number of hydrogen-bond donors (Lipinski definition) is 1. The predicted octanol–water partition coefficient (Wildman–Crippen LogP) is 2.75. The topological polar surface area (TPSA) is 68.5 Å². The molecule has 1 amide bonds. The maximum Gasteiger partial charge on any atom is 0.342 e. The van der Waals surface area contributed by atoms with Crippen LogP contribution < -0.4 is 5.32 Å². The normalized spacial score (nSPS) is 15.7. The summed E-state index contributed by atoms with van der Waals surface area (Å²) in [4.78, 5) is 23.5. The van der Waals surface area contributed by atoms with Gasteiger partial charge in [0.15, 0.2) is 6.61 Å². The molecule has 5 nitrogen and oxygen atoms in total. The molecule has 0 spiro atoms. The van der Waals surface area contributed by atoms with Gasteiger partial charge < -0.3 is 14.5 Å². The second-order valence-electron chi connectivity index (χ2n) is 5.71. The fourth-order valence-corrected chi connectivity index (χ4v) is 2.74. The van der Waals surface area contributed by atoms with Crippen molar-refractivity contribution in [1.82, 2.24) is 5.32 Å². The lowest BCUT2D eigenvalue weighted by Crippen LogP contribution is -2.33. The Balaban J connectivity index is 1.71. The summed E-state index contributed by atoms with van der Waals surface area (Å²) in [5.41, 5.74) is 0.382. The molecule has 1 N–H and O–H groups in total. The summed E-state index contributed by atoms with van der Waals surface area (Å²) in [5.74, 6) is 0.974. The number of carbonyl (C=O) groups excluding carboxylic acids is 2. The Morgan fingerprint density at radius 1 is 1.29 bits per heavy atom. The Morgan fingerprint density at radius 3 is 2.62 bits per heavy atom. The average molecular weight is 293 g/mol. The molecular weight excluding hydrogens is 270 g/mol. The van der Waals surface area contributed by atoms with Crippen molar-refractivity contribution in [3.05, 3.63) is 23.2 Å². The second kappa shape index (κ2) is 7.29. The largest absolute Gasteiger partial charge is 0.466 e. The Hall–Kier alpha value is -1.78. The van der Waals surface area contributed by atoms with E-state index in [1.165, 1.54) is 32.1 Å². The first-order valence-corrected chi connectivity index (χ1v) is 7.57. The highest BCUT2D eigenvalue weighted by Gasteiger charge is 2.17. The number of carbonyl (C=O) groups is 2. The van der Waals surface area contributed by atoms with Gasteiger partial charge in [0.1, 0.15) is 17.1 Å². The molecule has 1 fully saturated rings. The molecule has 21 heavy (non-hydrogen) atoms. The predicted molar refractivity (Wildman–Crippen MR) is 78.0 cm³/mol. The van der Waals surface area contributed by atoms with E-state index in [2.05, 4.69) is 5.32 Å². The summed E-state index contributed by atoms with van der Waals surface area (Å²) in [6, 6.07) is 1.62. The van der Waals surface area contributed by atoms with Crippen molar-refractivity contribution in [3.63, 3.8) is 0 Å². The third kappa shape index (κ3) is 4.62. The molecule has 2 rings (SSSR count). The molecule has 0 bridgehead atoms. The van der Waals surface area contributed by atoms with Crippen molar-refractivity contribution in [2.45, 2.75) is 46.0 Å². The van der Waals surface area contributed by atoms with Crippen LogP contribution in [0.5, 0.6) is 0 Å². The van der Waals surface area contributed by atoms with E-state index in [0.29, 0.717) is 29.5 Å². The lowest BCUT2D eigenvalue weighted by molar-refractivity contribution is -0.124. The van der Waals surface area contributed by atoms with Gasteiger partial charge in [0.25, 0.3) is 5.91 Å². The minimum Gasteiger partial charge on any atom is -0.466 e. The molecule has 1 aromatic heterocycles. The van der Waals surface area contributed by atoms with Crippen molar-refractivity contribution in [3.8, 4) is 0 Å². The van der Waals surface area contributed by atoms with E-state index in [1.807, 2.05) is 0 Å². The highest BCUT2D eigenvalue weighted by molar-refractivity contribution is 5.92. The van der Waals surface area contributed by atoms with Crippen LogP contribution in [-0.2, 0) is 9.53 Å². The van der Waals surface area contributed by atoms with Crippen molar-refractivity contribution < 1.29 is 18.7 Å². The van der Waals surface area contributed by atoms with Crippen LogP contribution in [0.4, 0.5) is 0 Å². The van der Waals surface area contributed by atoms with Crippen molar-refractivity contribution in [2.24, 2.45) is 5.92 Å². The zero-order valence-corrected chi connectivity index (χ0v) is 12.7. The van der Waals surface area contributed by atoms with Crippen LogP contribution in [0.1, 0.15) is 54.0 Å². The number of furan rings is 1. The Kier molecular flexibility index (Phi) is 5.42. The molecule has 116 valence electrons. The number of ether oxygens (including phenoxy) is 1. The summed E-state index contributed by atoms with van der Waals surface area (Å²) in [5, 5.41) is 2.84. The van der Waals surface area contributed by atoms with Crippen molar-refractivity contribution in [1.29, 1.82) is 0 Å². The number of aryl methyl sites for hydroxylation is 2. The van der Waals surface area contributed by atoms with Gasteiger partial charge in [0.2, 0.25) is 0 Å². The van der Waals surface area contributed by atoms with Gasteiger partial charge in [-0.2, -0.15) is 0 Å². The van der Waals surface area contributed by atoms with Gasteiger partial charge in [-0.05, 0) is 38.7 Å². The molecule has 5 heteroatoms. The summed E-state index contributed by atoms with van der Waals surface area (Å²) < 4.78 is 10.3. The lowest BCUT2D eigenvalue weighted by Gasteiger charge is -2.21. The Morgan fingerprint density at radius 2 is 2.00 bits per heavy atom. The maximum atomic E-state index is 11.8. The van der Waals surface area contributed by atoms with Gasteiger partial charge in [0.05, 0.1) is 0 Å². The summed E-state index contributed by atoms with van der Waals surface area (Å²) >= 11 is 0. The first-order valence-electron chi connectivity index (χ1n) is 7.57. The molecular formula is C16H23NO4. The lowest BCUT2D eigenvalue weighted by atomic mass is 9.89. The smallest absolute Gasteiger partial charge is 0.342 e. The number of rotatable bonds is 5. The van der Waals surface area contributed by atoms with E-state index in [4.69, 9.17) is 9.15 Å². The fraction of sp³-hybridized carbons (Fsp3) is 0.625. The zero-order valence-electron chi connectivity index (χ0n) is 12.7. The molecule has 0 radical (unpaired) electrons. The van der Waals surface area contributed by atoms with Crippen LogP contribution in [0.15, 0.2) is 10.5 Å². The maximum absolute atomic E-state index is 11.8. The van der Waals surface area contributed by atoms with Crippen molar-refractivity contribution >= 4 is 11.9 Å². The summed E-state index contributed by atoms with van der Waals surface area (Å²) in [6.45, 7) is 3.91. The van der Waals surface area contributed by atoms with Crippen LogP contribution in [0.3, 0.4) is 0 Å². The third-order valence-electron chi connectivity index (χ3n) is 3.91. The van der Waals surface area contributed by atoms with E-state index >= 15 is 0 Å². The number of nitrogens with one attached hydrogen (secondary N) is 1. The van der Waals surface area contributed by atoms with Gasteiger partial charge in [0, 0.05) is 6.54 Å². The molecule has 1 aromatic rings. The van der Waals surface area contributed by atoms with E-state index in [-0.39, 0.29) is 12.5 Å². The van der Waals surface area contributed by atoms with Gasteiger partial charge in [-0.1, -0.05) is 19.3 Å². The van der Waals surface area contributed by atoms with Crippen LogP contribution in [0.25, 0.3) is 0 Å². The van der Waals surface area contributed by atoms with E-state index in [9.17, 15) is 9.59 Å². The average Bonchev–Trinajstić information content (AvgIpc) is 2.82. The van der Waals surface area contributed by atoms with Gasteiger partial charge in [-0.25, -0.2) is 4.79 Å². The number of esters is 1. The highest BCUT2D eigenvalue weighted by Crippen LogP contribution is 2.22. The molecule has 1 saturated carbocycles. The van der Waals surface area contributed by atoms with Crippen LogP contribution in [-0.4, -0.2) is 25.0 Å². The van der Waals surface area contributed by atoms with E-state index in [0.717, 1.165) is 0 Å². The van der Waals surface area contributed by atoms with Crippen LogP contribution in [0, 0.1) is 19.8 Å². The number of amides is 1. The van der Waals surface area contributed by atoms with Crippen LogP contribution >= 0.6 is 0 Å². The quantitative estimate of drug-likeness (QED) is 0.848. The molecule has 0 saturated heterocycles. The summed E-state index contributed by atoms with van der Waals surface area (Å²) in [6.07, 6.45) is 6.13. The minimum absolute atomic E-state index is 0.241. The molecule has 1 aliphatic carbocycles. The molecule has 1 heterocycles. The number of hydrogen-bond acceptors (Lipinski definition) is 4. The van der Waals surface area contributed by atoms with Crippen LogP contribution in [0.2, 0.25) is 0 Å². The molecule has 0 unspecified atom stereocenters. The highest BCUT2D eigenvalue weighted by atomic mass is 16.5. The summed E-state index contributed by atoms with van der Waals surface area (Å²) in [7, 11) is 0. The first-order chi connectivity index (χ1) is 10.1.